The molecular formula is C19H32N2. The molecule has 0 aliphatic carbocycles. The molecule has 118 valence electrons. The lowest BCUT2D eigenvalue weighted by molar-refractivity contribution is 0.0709. The first-order valence-corrected chi connectivity index (χ1v) is 8.84. The Labute approximate surface area is 130 Å². The number of nitrogens with one attached hydrogen (secondary N) is 1. The van der Waals surface area contributed by atoms with Crippen LogP contribution in [-0.2, 0) is 0 Å². The van der Waals surface area contributed by atoms with Gasteiger partial charge in [0.1, 0.15) is 0 Å². The maximum atomic E-state index is 3.78. The molecule has 2 heteroatoms. The van der Waals surface area contributed by atoms with E-state index in [4.69, 9.17) is 0 Å². The summed E-state index contributed by atoms with van der Waals surface area (Å²) in [7, 11) is 0. The molecule has 0 aromatic heterocycles. The predicted molar refractivity (Wildman–Crippen MR) is 91.6 cm³/mol. The highest BCUT2D eigenvalue weighted by atomic mass is 15.3. The quantitative estimate of drug-likeness (QED) is 0.801. The van der Waals surface area contributed by atoms with E-state index in [1.165, 1.54) is 44.2 Å². The van der Waals surface area contributed by atoms with Crippen LogP contribution in [0.25, 0.3) is 0 Å². The molecule has 1 fully saturated rings. The van der Waals surface area contributed by atoms with Gasteiger partial charge >= 0.3 is 0 Å². The third-order valence-electron chi connectivity index (χ3n) is 4.82. The Hall–Kier alpha value is -0.860. The van der Waals surface area contributed by atoms with Crippen LogP contribution in [0, 0.1) is 0 Å². The average Bonchev–Trinajstić information content (AvgIpc) is 2.54. The maximum Gasteiger partial charge on any atom is 0.0476 e. The smallest absolute Gasteiger partial charge is 0.0476 e. The lowest BCUT2D eigenvalue weighted by atomic mass is 9.95. The zero-order chi connectivity index (χ0) is 15.1. The molecule has 1 saturated heterocycles. The van der Waals surface area contributed by atoms with Gasteiger partial charge in [-0.2, -0.15) is 0 Å². The molecule has 0 bridgehead atoms. The third-order valence-corrected chi connectivity index (χ3v) is 4.82. The average molecular weight is 288 g/mol. The van der Waals surface area contributed by atoms with Gasteiger partial charge < -0.3 is 5.32 Å². The summed E-state index contributed by atoms with van der Waals surface area (Å²) in [4.78, 5) is 2.79. The van der Waals surface area contributed by atoms with E-state index in [1.54, 1.807) is 0 Å². The third kappa shape index (κ3) is 4.31. The van der Waals surface area contributed by atoms with Crippen molar-refractivity contribution in [2.75, 3.05) is 13.1 Å². The Morgan fingerprint density at radius 2 is 1.90 bits per heavy atom. The second-order valence-electron chi connectivity index (χ2n) is 6.37. The maximum absolute atomic E-state index is 3.78. The second kappa shape index (κ2) is 8.55. The van der Waals surface area contributed by atoms with Crippen LogP contribution in [0.4, 0.5) is 0 Å². The lowest BCUT2D eigenvalue weighted by Gasteiger charge is -2.45. The van der Waals surface area contributed by atoms with E-state index < -0.39 is 0 Å². The van der Waals surface area contributed by atoms with Crippen molar-refractivity contribution in [2.24, 2.45) is 0 Å². The molecule has 3 unspecified atom stereocenters. The molecule has 1 aromatic rings. The van der Waals surface area contributed by atoms with Crippen molar-refractivity contribution in [3.63, 3.8) is 0 Å². The van der Waals surface area contributed by atoms with Gasteiger partial charge in [0.15, 0.2) is 0 Å². The van der Waals surface area contributed by atoms with Crippen LogP contribution >= 0.6 is 0 Å². The fourth-order valence-corrected chi connectivity index (χ4v) is 3.71. The van der Waals surface area contributed by atoms with Crippen LogP contribution in [0.15, 0.2) is 30.3 Å². The van der Waals surface area contributed by atoms with Gasteiger partial charge in [-0.05, 0) is 24.8 Å². The summed E-state index contributed by atoms with van der Waals surface area (Å²) < 4.78 is 0. The van der Waals surface area contributed by atoms with Crippen molar-refractivity contribution < 1.29 is 0 Å². The molecule has 3 atom stereocenters. The van der Waals surface area contributed by atoms with Gasteiger partial charge in [0.25, 0.3) is 0 Å². The van der Waals surface area contributed by atoms with Gasteiger partial charge in [0, 0.05) is 31.2 Å². The fraction of sp³-hybridized carbons (Fsp3) is 0.684. The molecular weight excluding hydrogens is 256 g/mol. The Morgan fingerprint density at radius 1 is 1.14 bits per heavy atom. The summed E-state index contributed by atoms with van der Waals surface area (Å²) in [5.74, 6) is 0. The monoisotopic (exact) mass is 288 g/mol. The molecule has 0 saturated carbocycles. The van der Waals surface area contributed by atoms with E-state index in [0.29, 0.717) is 12.1 Å². The molecule has 1 aliphatic heterocycles. The second-order valence-corrected chi connectivity index (χ2v) is 6.37. The number of piperazine rings is 1. The Balaban J connectivity index is 2.17. The largest absolute Gasteiger partial charge is 0.311 e. The Bertz CT molecular complexity index is 390. The van der Waals surface area contributed by atoms with E-state index in [1.807, 2.05) is 0 Å². The number of nitrogens with zero attached hydrogens (tertiary/aromatic N) is 1. The Morgan fingerprint density at radius 3 is 2.52 bits per heavy atom. The van der Waals surface area contributed by atoms with Gasteiger partial charge in [0.2, 0.25) is 0 Å². The first kappa shape index (κ1) is 16.5. The van der Waals surface area contributed by atoms with Crippen molar-refractivity contribution in [3.8, 4) is 0 Å². The minimum atomic E-state index is 0.538. The van der Waals surface area contributed by atoms with Gasteiger partial charge in [-0.3, -0.25) is 4.90 Å². The van der Waals surface area contributed by atoms with Crippen LogP contribution in [-0.4, -0.2) is 30.1 Å². The van der Waals surface area contributed by atoms with Crippen LogP contribution in [0.3, 0.4) is 0 Å². The van der Waals surface area contributed by atoms with E-state index in [2.05, 4.69) is 61.3 Å². The van der Waals surface area contributed by atoms with E-state index in [0.717, 1.165) is 12.6 Å². The minimum Gasteiger partial charge on any atom is -0.311 e. The van der Waals surface area contributed by atoms with Crippen LogP contribution in [0.5, 0.6) is 0 Å². The summed E-state index contributed by atoms with van der Waals surface area (Å²) >= 11 is 0. The zero-order valence-corrected chi connectivity index (χ0v) is 14.0. The summed E-state index contributed by atoms with van der Waals surface area (Å²) in [6.07, 6.45) is 6.42. The molecule has 0 radical (unpaired) electrons. The molecule has 2 nitrogen and oxygen atoms in total. The summed E-state index contributed by atoms with van der Waals surface area (Å²) in [5.41, 5.74) is 1.47. The first-order chi connectivity index (χ1) is 10.3. The van der Waals surface area contributed by atoms with Crippen LogP contribution in [0.1, 0.15) is 64.5 Å². The first-order valence-electron chi connectivity index (χ1n) is 8.84. The van der Waals surface area contributed by atoms with Gasteiger partial charge in [0.05, 0.1) is 0 Å². The number of benzene rings is 1. The molecule has 1 aromatic carbocycles. The number of hydrogen-bond donors (Lipinski definition) is 1. The summed E-state index contributed by atoms with van der Waals surface area (Å²) in [5, 5.41) is 3.78. The molecule has 2 rings (SSSR count). The predicted octanol–water partition coefficient (Wildman–Crippen LogP) is 4.38. The van der Waals surface area contributed by atoms with Gasteiger partial charge in [-0.15, -0.1) is 0 Å². The minimum absolute atomic E-state index is 0.538. The lowest BCUT2D eigenvalue weighted by Crippen LogP contribution is -2.55. The van der Waals surface area contributed by atoms with Gasteiger partial charge in [-0.25, -0.2) is 0 Å². The summed E-state index contributed by atoms with van der Waals surface area (Å²) in [6.45, 7) is 9.24. The van der Waals surface area contributed by atoms with E-state index >= 15 is 0 Å². The number of rotatable bonds is 7. The topological polar surface area (TPSA) is 15.3 Å². The van der Waals surface area contributed by atoms with Crippen molar-refractivity contribution >= 4 is 0 Å². The zero-order valence-electron chi connectivity index (χ0n) is 14.0. The van der Waals surface area contributed by atoms with E-state index in [-0.39, 0.29) is 0 Å². The normalized spacial score (nSPS) is 24.9. The molecule has 1 aliphatic rings. The molecule has 1 N–H and O–H groups in total. The number of hydrogen-bond acceptors (Lipinski definition) is 2. The van der Waals surface area contributed by atoms with Crippen molar-refractivity contribution in [1.29, 1.82) is 0 Å². The van der Waals surface area contributed by atoms with Crippen LogP contribution in [0.2, 0.25) is 0 Å². The van der Waals surface area contributed by atoms with Crippen molar-refractivity contribution in [3.05, 3.63) is 35.9 Å². The molecule has 21 heavy (non-hydrogen) atoms. The summed E-state index contributed by atoms with van der Waals surface area (Å²) in [6, 6.07) is 13.0. The van der Waals surface area contributed by atoms with Crippen LogP contribution < -0.4 is 5.32 Å². The fourth-order valence-electron chi connectivity index (χ4n) is 3.71. The van der Waals surface area contributed by atoms with Crippen molar-refractivity contribution in [1.82, 2.24) is 10.2 Å². The van der Waals surface area contributed by atoms with E-state index in [9.17, 15) is 0 Å². The van der Waals surface area contributed by atoms with Crippen molar-refractivity contribution in [2.45, 2.75) is 71.0 Å². The highest BCUT2D eigenvalue weighted by molar-refractivity contribution is 5.20. The molecule has 0 spiro atoms. The molecule has 0 amide bonds. The Kier molecular flexibility index (Phi) is 6.72. The van der Waals surface area contributed by atoms with Gasteiger partial charge in [-0.1, -0.05) is 63.9 Å². The standard InChI is InChI=1S/C19H32N2/c1-4-10-17-15-21(18(6-3)11-5-2)19(14-20-17)16-12-8-7-9-13-16/h7-9,12-13,17-20H,4-6,10-11,14-15H2,1-3H3. The SMILES string of the molecule is CCCC1CN(C(CC)CCC)C(c2ccccc2)CN1. The highest BCUT2D eigenvalue weighted by Crippen LogP contribution is 2.29. The highest BCUT2D eigenvalue weighted by Gasteiger charge is 2.32. The molecule has 1 heterocycles.